The van der Waals surface area contributed by atoms with Crippen LogP contribution in [-0.2, 0) is 11.3 Å². The van der Waals surface area contributed by atoms with Gasteiger partial charge in [-0.3, -0.25) is 4.99 Å². The van der Waals surface area contributed by atoms with Crippen LogP contribution in [0.2, 0.25) is 0 Å². The average Bonchev–Trinajstić information content (AvgIpc) is 3.02. The standard InChI is InChI=1S/C17H25N3O2/c1-4-8-19-17(18-3)20-11-14-6-5-13(2)10-16(14)22-15-7-9-21-12-15/h4-6,10,15H,1,7-9,11-12H2,2-3H3,(H2,18,19,20). The fraction of sp³-hybridized carbons (Fsp3) is 0.471. The molecule has 1 fully saturated rings. The van der Waals surface area contributed by atoms with Crippen molar-refractivity contribution >= 4 is 5.96 Å². The zero-order chi connectivity index (χ0) is 15.8. The first-order valence-corrected chi connectivity index (χ1v) is 7.62. The van der Waals surface area contributed by atoms with Crippen molar-refractivity contribution in [2.75, 3.05) is 26.8 Å². The maximum absolute atomic E-state index is 6.09. The first kappa shape index (κ1) is 16.4. The van der Waals surface area contributed by atoms with Crippen molar-refractivity contribution in [1.82, 2.24) is 10.6 Å². The number of aryl methyl sites for hydroxylation is 1. The van der Waals surface area contributed by atoms with Crippen LogP contribution in [0.4, 0.5) is 0 Å². The van der Waals surface area contributed by atoms with Crippen molar-refractivity contribution in [3.8, 4) is 5.75 Å². The van der Waals surface area contributed by atoms with Gasteiger partial charge in [-0.1, -0.05) is 18.2 Å². The van der Waals surface area contributed by atoms with Gasteiger partial charge in [0, 0.05) is 32.1 Å². The summed E-state index contributed by atoms with van der Waals surface area (Å²) in [6.07, 6.45) is 2.90. The lowest BCUT2D eigenvalue weighted by Crippen LogP contribution is -2.36. The maximum Gasteiger partial charge on any atom is 0.191 e. The van der Waals surface area contributed by atoms with E-state index in [9.17, 15) is 0 Å². The number of ether oxygens (including phenoxy) is 2. The number of hydrogen-bond acceptors (Lipinski definition) is 3. The van der Waals surface area contributed by atoms with E-state index in [0.717, 1.165) is 30.3 Å². The third kappa shape index (κ3) is 4.77. The minimum Gasteiger partial charge on any atom is -0.488 e. The zero-order valence-electron chi connectivity index (χ0n) is 13.4. The first-order valence-electron chi connectivity index (χ1n) is 7.62. The van der Waals surface area contributed by atoms with Gasteiger partial charge in [0.15, 0.2) is 5.96 Å². The highest BCUT2D eigenvalue weighted by atomic mass is 16.5. The Balaban J connectivity index is 2.01. The molecule has 120 valence electrons. The number of rotatable bonds is 6. The van der Waals surface area contributed by atoms with Crippen molar-refractivity contribution in [3.05, 3.63) is 42.0 Å². The number of aliphatic imine (C=N–C) groups is 1. The van der Waals surface area contributed by atoms with E-state index in [-0.39, 0.29) is 6.10 Å². The zero-order valence-corrected chi connectivity index (χ0v) is 13.4. The first-order chi connectivity index (χ1) is 10.7. The van der Waals surface area contributed by atoms with Crippen LogP contribution < -0.4 is 15.4 Å². The molecule has 0 aliphatic carbocycles. The van der Waals surface area contributed by atoms with E-state index >= 15 is 0 Å². The molecule has 1 unspecified atom stereocenters. The van der Waals surface area contributed by atoms with Crippen LogP contribution in [0.5, 0.6) is 5.75 Å². The van der Waals surface area contributed by atoms with Crippen LogP contribution in [0.15, 0.2) is 35.8 Å². The highest BCUT2D eigenvalue weighted by Gasteiger charge is 2.18. The third-order valence-corrected chi connectivity index (χ3v) is 3.49. The number of hydrogen-bond donors (Lipinski definition) is 2. The molecule has 1 aromatic rings. The summed E-state index contributed by atoms with van der Waals surface area (Å²) in [6, 6.07) is 6.26. The molecular formula is C17H25N3O2. The van der Waals surface area contributed by atoms with Gasteiger partial charge in [0.05, 0.1) is 13.2 Å². The Bertz CT molecular complexity index is 523. The topological polar surface area (TPSA) is 54.9 Å². The fourth-order valence-electron chi connectivity index (χ4n) is 2.27. The van der Waals surface area contributed by atoms with Gasteiger partial charge in [-0.15, -0.1) is 6.58 Å². The van der Waals surface area contributed by atoms with Crippen LogP contribution in [-0.4, -0.2) is 38.9 Å². The molecule has 5 nitrogen and oxygen atoms in total. The van der Waals surface area contributed by atoms with Crippen LogP contribution in [0, 0.1) is 6.92 Å². The number of guanidine groups is 1. The van der Waals surface area contributed by atoms with E-state index in [1.165, 1.54) is 5.56 Å². The van der Waals surface area contributed by atoms with E-state index in [1.807, 2.05) is 0 Å². The molecule has 2 rings (SSSR count). The molecule has 1 saturated heterocycles. The normalized spacial score (nSPS) is 18.1. The minimum absolute atomic E-state index is 0.152. The third-order valence-electron chi connectivity index (χ3n) is 3.49. The Hall–Kier alpha value is -2.01. The van der Waals surface area contributed by atoms with Gasteiger partial charge in [0.1, 0.15) is 11.9 Å². The summed E-state index contributed by atoms with van der Waals surface area (Å²) in [7, 11) is 1.75. The monoisotopic (exact) mass is 303 g/mol. The van der Waals surface area contributed by atoms with Gasteiger partial charge in [0.25, 0.3) is 0 Å². The van der Waals surface area contributed by atoms with Crippen LogP contribution in [0.3, 0.4) is 0 Å². The summed E-state index contributed by atoms with van der Waals surface area (Å²) in [6.45, 7) is 8.54. The van der Waals surface area contributed by atoms with E-state index < -0.39 is 0 Å². The Kier molecular flexibility index (Phi) is 6.27. The molecule has 1 aliphatic heterocycles. The van der Waals surface area contributed by atoms with E-state index in [2.05, 4.69) is 47.3 Å². The summed E-state index contributed by atoms with van der Waals surface area (Å²) < 4.78 is 11.5. The summed E-state index contributed by atoms with van der Waals surface area (Å²) in [4.78, 5) is 4.18. The predicted octanol–water partition coefficient (Wildman–Crippen LogP) is 2.01. The fourth-order valence-corrected chi connectivity index (χ4v) is 2.27. The SMILES string of the molecule is C=CCNC(=NC)NCc1ccc(C)cc1OC1CCOC1. The Morgan fingerprint density at radius 3 is 3.05 bits per heavy atom. The van der Waals surface area contributed by atoms with Gasteiger partial charge in [0.2, 0.25) is 0 Å². The van der Waals surface area contributed by atoms with Crippen molar-refractivity contribution in [2.45, 2.75) is 26.0 Å². The van der Waals surface area contributed by atoms with Crippen molar-refractivity contribution in [2.24, 2.45) is 4.99 Å². The summed E-state index contributed by atoms with van der Waals surface area (Å²) in [5.41, 5.74) is 2.30. The van der Waals surface area contributed by atoms with E-state index in [4.69, 9.17) is 9.47 Å². The lowest BCUT2D eigenvalue weighted by atomic mass is 10.1. The summed E-state index contributed by atoms with van der Waals surface area (Å²) in [5, 5.41) is 6.44. The highest BCUT2D eigenvalue weighted by Crippen LogP contribution is 2.23. The quantitative estimate of drug-likeness (QED) is 0.479. The van der Waals surface area contributed by atoms with Gasteiger partial charge in [-0.05, 0) is 18.6 Å². The van der Waals surface area contributed by atoms with E-state index in [0.29, 0.717) is 19.7 Å². The molecule has 1 aliphatic rings. The lowest BCUT2D eigenvalue weighted by Gasteiger charge is -2.17. The Morgan fingerprint density at radius 1 is 1.50 bits per heavy atom. The molecule has 0 aromatic heterocycles. The van der Waals surface area contributed by atoms with Gasteiger partial charge >= 0.3 is 0 Å². The second-order valence-electron chi connectivity index (χ2n) is 5.31. The Morgan fingerprint density at radius 2 is 2.36 bits per heavy atom. The maximum atomic E-state index is 6.09. The molecule has 1 aromatic carbocycles. The molecule has 22 heavy (non-hydrogen) atoms. The van der Waals surface area contributed by atoms with Crippen molar-refractivity contribution in [1.29, 1.82) is 0 Å². The molecule has 5 heteroatoms. The van der Waals surface area contributed by atoms with Crippen molar-refractivity contribution in [3.63, 3.8) is 0 Å². The Labute approximate surface area is 132 Å². The smallest absolute Gasteiger partial charge is 0.191 e. The number of nitrogens with one attached hydrogen (secondary N) is 2. The highest BCUT2D eigenvalue weighted by molar-refractivity contribution is 5.79. The van der Waals surface area contributed by atoms with Gasteiger partial charge in [-0.25, -0.2) is 0 Å². The molecule has 1 atom stereocenters. The summed E-state index contributed by atoms with van der Waals surface area (Å²) in [5.74, 6) is 1.66. The molecule has 2 N–H and O–H groups in total. The largest absolute Gasteiger partial charge is 0.488 e. The van der Waals surface area contributed by atoms with Crippen LogP contribution in [0.1, 0.15) is 17.5 Å². The second-order valence-corrected chi connectivity index (χ2v) is 5.31. The van der Waals surface area contributed by atoms with Crippen LogP contribution >= 0.6 is 0 Å². The molecule has 1 heterocycles. The van der Waals surface area contributed by atoms with Gasteiger partial charge < -0.3 is 20.1 Å². The predicted molar refractivity (Wildman–Crippen MR) is 89.4 cm³/mol. The number of nitrogens with zero attached hydrogens (tertiary/aromatic N) is 1. The molecule has 0 bridgehead atoms. The lowest BCUT2D eigenvalue weighted by molar-refractivity contribution is 0.140. The average molecular weight is 303 g/mol. The molecule has 0 amide bonds. The second kappa shape index (κ2) is 8.44. The molecular weight excluding hydrogens is 278 g/mol. The van der Waals surface area contributed by atoms with E-state index in [1.54, 1.807) is 13.1 Å². The molecule has 0 radical (unpaired) electrons. The van der Waals surface area contributed by atoms with Crippen molar-refractivity contribution < 1.29 is 9.47 Å². The summed E-state index contributed by atoms with van der Waals surface area (Å²) >= 11 is 0. The molecule has 0 spiro atoms. The molecule has 0 saturated carbocycles. The van der Waals surface area contributed by atoms with Crippen LogP contribution in [0.25, 0.3) is 0 Å². The van der Waals surface area contributed by atoms with Gasteiger partial charge in [-0.2, -0.15) is 0 Å². The minimum atomic E-state index is 0.152. The number of benzene rings is 1.